The number of rotatable bonds is 4. The van der Waals surface area contributed by atoms with E-state index in [9.17, 15) is 17.6 Å². The Hall–Kier alpha value is -2.00. The number of hydrogen-bond acceptors (Lipinski definition) is 5. The third-order valence-electron chi connectivity index (χ3n) is 3.10. The smallest absolute Gasteiger partial charge is 0.323 e. The molecule has 2 aromatic rings. The maximum Gasteiger partial charge on any atom is 0.344 e. The molecule has 0 fully saturated rings. The summed E-state index contributed by atoms with van der Waals surface area (Å²) in [6, 6.07) is 1.85. The molecule has 0 saturated carbocycles. The van der Waals surface area contributed by atoms with E-state index < -0.39 is 31.7 Å². The first-order valence-electron chi connectivity index (χ1n) is 6.72. The lowest BCUT2D eigenvalue weighted by Crippen LogP contribution is -2.34. The topological polar surface area (TPSA) is 85.2 Å². The van der Waals surface area contributed by atoms with Gasteiger partial charge in [-0.3, -0.25) is 0 Å². The Kier molecular flexibility index (Phi) is 5.00. The van der Waals surface area contributed by atoms with Crippen molar-refractivity contribution < 1.29 is 17.6 Å². The highest BCUT2D eigenvalue weighted by Gasteiger charge is 2.29. The Morgan fingerprint density at radius 1 is 1.35 bits per heavy atom. The molecule has 2 rings (SSSR count). The first-order valence-corrected chi connectivity index (χ1v) is 8.58. The number of pyridine rings is 1. The Morgan fingerprint density at radius 3 is 2.52 bits per heavy atom. The second-order valence-electron chi connectivity index (χ2n) is 4.50. The van der Waals surface area contributed by atoms with Gasteiger partial charge in [0.05, 0.1) is 11.2 Å². The van der Waals surface area contributed by atoms with E-state index in [0.717, 1.165) is 18.5 Å². The molecule has 0 radical (unpaired) electrons. The molecular formula is C13H14ClFN4O3S. The molecule has 0 spiro atoms. The van der Waals surface area contributed by atoms with Gasteiger partial charge in [-0.15, -0.1) is 5.10 Å². The zero-order valence-electron chi connectivity index (χ0n) is 12.4. The molecule has 10 heteroatoms. The molecule has 0 aliphatic rings. The van der Waals surface area contributed by atoms with Crippen LogP contribution in [0.15, 0.2) is 34.6 Å². The van der Waals surface area contributed by atoms with Crippen LogP contribution in [0, 0.1) is 5.82 Å². The minimum Gasteiger partial charge on any atom is -0.323 e. The molecule has 2 aromatic heterocycles. The predicted octanol–water partition coefficient (Wildman–Crippen LogP) is 2.21. The van der Waals surface area contributed by atoms with Crippen molar-refractivity contribution in [2.75, 3.05) is 13.1 Å². The van der Waals surface area contributed by atoms with Crippen molar-refractivity contribution >= 4 is 27.5 Å². The highest BCUT2D eigenvalue weighted by atomic mass is 35.5. The molecule has 0 N–H and O–H groups in total. The number of hydrogen-bond donors (Lipinski definition) is 0. The molecule has 1 amide bonds. The predicted molar refractivity (Wildman–Crippen MR) is 80.6 cm³/mol. The summed E-state index contributed by atoms with van der Waals surface area (Å²) in [7, 11) is -4.29. The fourth-order valence-corrected chi connectivity index (χ4v) is 3.13. The molecule has 23 heavy (non-hydrogen) atoms. The summed E-state index contributed by atoms with van der Waals surface area (Å²) >= 11 is 5.65. The van der Waals surface area contributed by atoms with E-state index in [1.54, 1.807) is 13.8 Å². The summed E-state index contributed by atoms with van der Waals surface area (Å²) in [5.74, 6) is -1.12. The van der Waals surface area contributed by atoms with Crippen LogP contribution < -0.4 is 0 Å². The average molecular weight is 361 g/mol. The molecule has 0 aliphatic heterocycles. The van der Waals surface area contributed by atoms with E-state index >= 15 is 0 Å². The Balaban J connectivity index is 2.45. The fraction of sp³-hybridized carbons (Fsp3) is 0.308. The minimum absolute atomic E-state index is 0.242. The van der Waals surface area contributed by atoms with Gasteiger partial charge >= 0.3 is 6.03 Å². The minimum atomic E-state index is -4.29. The second-order valence-corrected chi connectivity index (χ2v) is 6.75. The number of amides is 1. The van der Waals surface area contributed by atoms with Crippen molar-refractivity contribution in [2.45, 2.75) is 23.9 Å². The summed E-state index contributed by atoms with van der Waals surface area (Å²) in [5, 5.41) is 2.57. The van der Waals surface area contributed by atoms with Gasteiger partial charge in [0.25, 0.3) is 0 Å². The zero-order valence-corrected chi connectivity index (χ0v) is 14.0. The van der Waals surface area contributed by atoms with Gasteiger partial charge in [-0.25, -0.2) is 22.6 Å². The largest absolute Gasteiger partial charge is 0.344 e. The second kappa shape index (κ2) is 6.63. The SMILES string of the molecule is CCN(CC)C(=O)n1cc(F)c(S(=O)(=O)c2ccc(Cl)cn2)n1. The van der Waals surface area contributed by atoms with Crippen LogP contribution in [0.25, 0.3) is 0 Å². The summed E-state index contributed by atoms with van der Waals surface area (Å²) in [6.07, 6.45) is 1.87. The summed E-state index contributed by atoms with van der Waals surface area (Å²) in [6.45, 7) is 4.27. The maximum absolute atomic E-state index is 14.0. The third kappa shape index (κ3) is 3.35. The van der Waals surface area contributed by atoms with E-state index in [4.69, 9.17) is 11.6 Å². The zero-order chi connectivity index (χ0) is 17.2. The van der Waals surface area contributed by atoms with E-state index in [2.05, 4.69) is 10.1 Å². The van der Waals surface area contributed by atoms with Crippen molar-refractivity contribution in [1.82, 2.24) is 19.7 Å². The van der Waals surface area contributed by atoms with Gasteiger partial charge in [-0.2, -0.15) is 4.68 Å². The number of aromatic nitrogens is 3. The van der Waals surface area contributed by atoms with Gasteiger partial charge in [0.15, 0.2) is 10.8 Å². The van der Waals surface area contributed by atoms with Crippen LogP contribution in [0.4, 0.5) is 9.18 Å². The summed E-state index contributed by atoms with van der Waals surface area (Å²) in [5.41, 5.74) is 0. The van der Waals surface area contributed by atoms with Crippen LogP contribution in [-0.4, -0.2) is 47.2 Å². The molecule has 0 saturated heterocycles. The molecule has 7 nitrogen and oxygen atoms in total. The van der Waals surface area contributed by atoms with E-state index in [0.29, 0.717) is 17.8 Å². The fourth-order valence-electron chi connectivity index (χ4n) is 1.88. The molecule has 0 aliphatic carbocycles. The molecule has 124 valence electrons. The van der Waals surface area contributed by atoms with Crippen LogP contribution >= 0.6 is 11.6 Å². The van der Waals surface area contributed by atoms with Gasteiger partial charge < -0.3 is 4.90 Å². The van der Waals surface area contributed by atoms with Gasteiger partial charge in [-0.1, -0.05) is 11.6 Å². The van der Waals surface area contributed by atoms with Crippen LogP contribution in [0.2, 0.25) is 5.02 Å². The van der Waals surface area contributed by atoms with Crippen molar-refractivity contribution in [2.24, 2.45) is 0 Å². The Bertz CT molecular complexity index is 816. The quantitative estimate of drug-likeness (QED) is 0.834. The monoisotopic (exact) mass is 360 g/mol. The molecule has 0 bridgehead atoms. The van der Waals surface area contributed by atoms with E-state index in [-0.39, 0.29) is 5.02 Å². The standard InChI is InChI=1S/C13H14ClFN4O3S/c1-3-18(4-2)13(20)19-8-10(15)12(17-19)23(21,22)11-6-5-9(14)7-16-11/h5-8H,3-4H2,1-2H3. The normalized spacial score (nSPS) is 11.5. The van der Waals surface area contributed by atoms with Crippen molar-refractivity contribution in [3.05, 3.63) is 35.4 Å². The van der Waals surface area contributed by atoms with Gasteiger partial charge in [0, 0.05) is 19.3 Å². The molecule has 0 atom stereocenters. The number of halogens is 2. The number of carbonyl (C=O) groups excluding carboxylic acids is 1. The molecule has 0 aromatic carbocycles. The van der Waals surface area contributed by atoms with Gasteiger partial charge in [0.1, 0.15) is 0 Å². The summed E-state index contributed by atoms with van der Waals surface area (Å²) < 4.78 is 39.4. The van der Waals surface area contributed by atoms with Gasteiger partial charge in [0.2, 0.25) is 14.9 Å². The Labute approximate surface area is 137 Å². The summed E-state index contributed by atoms with van der Waals surface area (Å²) in [4.78, 5) is 17.1. The van der Waals surface area contributed by atoms with Crippen molar-refractivity contribution in [1.29, 1.82) is 0 Å². The van der Waals surface area contributed by atoms with Crippen LogP contribution in [0.3, 0.4) is 0 Å². The first kappa shape index (κ1) is 17.4. The van der Waals surface area contributed by atoms with Crippen LogP contribution in [-0.2, 0) is 9.84 Å². The lowest BCUT2D eigenvalue weighted by atomic mass is 10.5. The highest BCUT2D eigenvalue weighted by molar-refractivity contribution is 7.91. The van der Waals surface area contributed by atoms with E-state index in [1.165, 1.54) is 11.0 Å². The lowest BCUT2D eigenvalue weighted by molar-refractivity contribution is 0.201. The first-order chi connectivity index (χ1) is 10.8. The number of sulfone groups is 1. The number of nitrogens with zero attached hydrogens (tertiary/aromatic N) is 4. The maximum atomic E-state index is 14.0. The number of carbonyl (C=O) groups is 1. The Morgan fingerprint density at radius 2 is 2.00 bits per heavy atom. The molecule has 0 unspecified atom stereocenters. The molecule has 2 heterocycles. The molecular weight excluding hydrogens is 347 g/mol. The third-order valence-corrected chi connectivity index (χ3v) is 4.90. The van der Waals surface area contributed by atoms with Gasteiger partial charge in [-0.05, 0) is 26.0 Å². The lowest BCUT2D eigenvalue weighted by Gasteiger charge is -2.17. The van der Waals surface area contributed by atoms with Crippen LogP contribution in [0.5, 0.6) is 0 Å². The average Bonchev–Trinajstić information content (AvgIpc) is 2.91. The van der Waals surface area contributed by atoms with E-state index in [1.807, 2.05) is 0 Å². The van der Waals surface area contributed by atoms with Crippen LogP contribution in [0.1, 0.15) is 13.8 Å². The van der Waals surface area contributed by atoms with Crippen molar-refractivity contribution in [3.63, 3.8) is 0 Å². The highest BCUT2D eigenvalue weighted by Crippen LogP contribution is 2.21. The van der Waals surface area contributed by atoms with Crippen molar-refractivity contribution in [3.8, 4) is 0 Å².